The van der Waals surface area contributed by atoms with Crippen LogP contribution in [0.5, 0.6) is 0 Å². The summed E-state index contributed by atoms with van der Waals surface area (Å²) in [5.74, 6) is -2.29. The van der Waals surface area contributed by atoms with E-state index in [4.69, 9.17) is 10.2 Å². The van der Waals surface area contributed by atoms with E-state index >= 15 is 0 Å². The first kappa shape index (κ1) is 15.8. The largest absolute Gasteiger partial charge is 0.478 e. The van der Waals surface area contributed by atoms with Gasteiger partial charge in [0, 0.05) is 0 Å². The molecule has 0 heterocycles. The molecule has 4 nitrogen and oxygen atoms in total. The van der Waals surface area contributed by atoms with E-state index in [2.05, 4.69) is 20.8 Å². The molecule has 22 heavy (non-hydrogen) atoms. The van der Waals surface area contributed by atoms with Crippen LogP contribution >= 0.6 is 0 Å². The molecule has 0 radical (unpaired) electrons. The summed E-state index contributed by atoms with van der Waals surface area (Å²) in [6, 6.07) is 11.9. The highest BCUT2D eigenvalue weighted by molar-refractivity contribution is 5.96. The predicted octanol–water partition coefficient (Wildman–Crippen LogP) is 4.05. The monoisotopic (exact) mass is 298 g/mol. The maximum Gasteiger partial charge on any atom is 0.335 e. The number of carbonyl (C=O) groups is 2. The van der Waals surface area contributed by atoms with Gasteiger partial charge in [-0.15, -0.1) is 0 Å². The normalized spacial score (nSPS) is 11.2. The Morgan fingerprint density at radius 3 is 1.59 bits per heavy atom. The number of hydrogen-bond donors (Lipinski definition) is 2. The van der Waals surface area contributed by atoms with Crippen LogP contribution in [0.25, 0.3) is 11.1 Å². The topological polar surface area (TPSA) is 74.6 Å². The highest BCUT2D eigenvalue weighted by Gasteiger charge is 2.15. The van der Waals surface area contributed by atoms with E-state index in [-0.39, 0.29) is 16.5 Å². The Hall–Kier alpha value is -2.62. The van der Waals surface area contributed by atoms with Crippen molar-refractivity contribution in [2.75, 3.05) is 0 Å². The Kier molecular flexibility index (Phi) is 4.04. The second kappa shape index (κ2) is 5.64. The Bertz CT molecular complexity index is 689. The van der Waals surface area contributed by atoms with Gasteiger partial charge in [0.1, 0.15) is 0 Å². The molecule has 2 rings (SSSR count). The van der Waals surface area contributed by atoms with Gasteiger partial charge in [0.2, 0.25) is 0 Å². The average Bonchev–Trinajstić information content (AvgIpc) is 2.46. The lowest BCUT2D eigenvalue weighted by atomic mass is 9.86. The van der Waals surface area contributed by atoms with Crippen molar-refractivity contribution < 1.29 is 19.8 Å². The molecule has 2 aromatic rings. The van der Waals surface area contributed by atoms with Gasteiger partial charge in [0.05, 0.1) is 11.1 Å². The zero-order valence-electron chi connectivity index (χ0n) is 12.8. The predicted molar refractivity (Wildman–Crippen MR) is 84.5 cm³/mol. The van der Waals surface area contributed by atoms with Crippen LogP contribution in [0.3, 0.4) is 0 Å². The van der Waals surface area contributed by atoms with Crippen LogP contribution in [0, 0.1) is 0 Å². The van der Waals surface area contributed by atoms with Crippen LogP contribution in [0.2, 0.25) is 0 Å². The molecule has 114 valence electrons. The van der Waals surface area contributed by atoms with Gasteiger partial charge in [-0.3, -0.25) is 0 Å². The standard InChI is InChI=1S/C18H18O4/c1-18(2,3)15-6-4-11(5-7-15)12-8-13(16(19)20)10-14(9-12)17(21)22/h4-10H,1-3H3,(H,19,20)(H,21,22). The molecular weight excluding hydrogens is 280 g/mol. The van der Waals surface area contributed by atoms with Crippen molar-refractivity contribution in [3.05, 3.63) is 59.2 Å². The smallest absolute Gasteiger partial charge is 0.335 e. The van der Waals surface area contributed by atoms with Gasteiger partial charge >= 0.3 is 11.9 Å². The number of rotatable bonds is 3. The summed E-state index contributed by atoms with van der Waals surface area (Å²) in [5.41, 5.74) is 2.48. The van der Waals surface area contributed by atoms with E-state index in [1.54, 1.807) is 0 Å². The first-order chi connectivity index (χ1) is 10.2. The van der Waals surface area contributed by atoms with Gasteiger partial charge in [-0.05, 0) is 40.3 Å². The molecule has 0 spiro atoms. The van der Waals surface area contributed by atoms with Crippen molar-refractivity contribution in [2.24, 2.45) is 0 Å². The van der Waals surface area contributed by atoms with Crippen molar-refractivity contribution in [3.8, 4) is 11.1 Å². The minimum Gasteiger partial charge on any atom is -0.478 e. The van der Waals surface area contributed by atoms with Crippen LogP contribution in [0.15, 0.2) is 42.5 Å². The van der Waals surface area contributed by atoms with Gasteiger partial charge < -0.3 is 10.2 Å². The summed E-state index contributed by atoms with van der Waals surface area (Å²) >= 11 is 0. The van der Waals surface area contributed by atoms with Crippen LogP contribution in [-0.2, 0) is 5.41 Å². The van der Waals surface area contributed by atoms with E-state index < -0.39 is 11.9 Å². The first-order valence-electron chi connectivity index (χ1n) is 6.91. The van der Waals surface area contributed by atoms with E-state index in [9.17, 15) is 9.59 Å². The number of hydrogen-bond acceptors (Lipinski definition) is 2. The maximum atomic E-state index is 11.2. The van der Waals surface area contributed by atoms with Gasteiger partial charge in [0.15, 0.2) is 0 Å². The lowest BCUT2D eigenvalue weighted by Crippen LogP contribution is -2.10. The molecule has 0 unspecified atom stereocenters. The molecule has 0 atom stereocenters. The minimum atomic E-state index is -1.14. The SMILES string of the molecule is CC(C)(C)c1ccc(-c2cc(C(=O)O)cc(C(=O)O)c2)cc1. The average molecular weight is 298 g/mol. The number of benzene rings is 2. The maximum absolute atomic E-state index is 11.2. The molecule has 0 saturated heterocycles. The molecule has 0 aliphatic heterocycles. The van der Waals surface area contributed by atoms with Gasteiger partial charge in [0.25, 0.3) is 0 Å². The van der Waals surface area contributed by atoms with E-state index in [1.807, 2.05) is 24.3 Å². The van der Waals surface area contributed by atoms with Crippen molar-refractivity contribution in [1.29, 1.82) is 0 Å². The fourth-order valence-electron chi connectivity index (χ4n) is 2.20. The lowest BCUT2D eigenvalue weighted by molar-refractivity contribution is 0.0696. The van der Waals surface area contributed by atoms with E-state index in [0.29, 0.717) is 5.56 Å². The van der Waals surface area contributed by atoms with Crippen molar-refractivity contribution in [3.63, 3.8) is 0 Å². The molecule has 2 N–H and O–H groups in total. The third-order valence-electron chi connectivity index (χ3n) is 3.51. The van der Waals surface area contributed by atoms with Crippen molar-refractivity contribution in [1.82, 2.24) is 0 Å². The second-order valence-corrected chi connectivity index (χ2v) is 6.24. The first-order valence-corrected chi connectivity index (χ1v) is 6.91. The van der Waals surface area contributed by atoms with Crippen molar-refractivity contribution in [2.45, 2.75) is 26.2 Å². The number of carboxylic acids is 2. The van der Waals surface area contributed by atoms with Crippen LogP contribution in [0.1, 0.15) is 47.1 Å². The van der Waals surface area contributed by atoms with Crippen LogP contribution in [0.4, 0.5) is 0 Å². The number of carboxylic acid groups (broad SMARTS) is 2. The lowest BCUT2D eigenvalue weighted by Gasteiger charge is -2.19. The number of aromatic carboxylic acids is 2. The quantitative estimate of drug-likeness (QED) is 0.896. The highest BCUT2D eigenvalue weighted by atomic mass is 16.4. The zero-order chi connectivity index (χ0) is 16.5. The highest BCUT2D eigenvalue weighted by Crippen LogP contribution is 2.27. The molecule has 0 bridgehead atoms. The Morgan fingerprint density at radius 2 is 1.23 bits per heavy atom. The van der Waals surface area contributed by atoms with Gasteiger partial charge in [-0.1, -0.05) is 45.0 Å². The molecular formula is C18H18O4. The molecule has 0 aliphatic carbocycles. The van der Waals surface area contributed by atoms with E-state index in [1.165, 1.54) is 12.1 Å². The molecule has 0 aliphatic rings. The molecule has 0 fully saturated rings. The Morgan fingerprint density at radius 1 is 0.773 bits per heavy atom. The van der Waals surface area contributed by atoms with Gasteiger partial charge in [-0.2, -0.15) is 0 Å². The van der Waals surface area contributed by atoms with Crippen LogP contribution < -0.4 is 0 Å². The summed E-state index contributed by atoms with van der Waals surface area (Å²) in [7, 11) is 0. The Balaban J connectivity index is 2.52. The second-order valence-electron chi connectivity index (χ2n) is 6.24. The van der Waals surface area contributed by atoms with E-state index in [0.717, 1.165) is 17.2 Å². The molecule has 0 saturated carbocycles. The molecule has 2 aromatic carbocycles. The summed E-state index contributed by atoms with van der Waals surface area (Å²) < 4.78 is 0. The summed E-state index contributed by atoms with van der Waals surface area (Å²) in [6.45, 7) is 6.32. The molecule has 0 amide bonds. The molecule has 4 heteroatoms. The van der Waals surface area contributed by atoms with Gasteiger partial charge in [-0.25, -0.2) is 9.59 Å². The summed E-state index contributed by atoms with van der Waals surface area (Å²) in [6.07, 6.45) is 0. The zero-order valence-corrected chi connectivity index (χ0v) is 12.8. The summed E-state index contributed by atoms with van der Waals surface area (Å²) in [5, 5.41) is 18.2. The third kappa shape index (κ3) is 3.34. The molecule has 0 aromatic heterocycles. The van der Waals surface area contributed by atoms with Crippen LogP contribution in [-0.4, -0.2) is 22.2 Å². The summed E-state index contributed by atoms with van der Waals surface area (Å²) in [4.78, 5) is 22.3. The van der Waals surface area contributed by atoms with Crippen molar-refractivity contribution >= 4 is 11.9 Å². The third-order valence-corrected chi connectivity index (χ3v) is 3.51. The fraction of sp³-hybridized carbons (Fsp3) is 0.222. The fourth-order valence-corrected chi connectivity index (χ4v) is 2.20. The Labute approximate surface area is 129 Å². The minimum absolute atomic E-state index is 0.0215.